The van der Waals surface area contributed by atoms with Crippen molar-refractivity contribution in [3.05, 3.63) is 140 Å². The lowest BCUT2D eigenvalue weighted by atomic mass is 9.91. The molecule has 22 heteroatoms. The Labute approximate surface area is 362 Å². The zero-order valence-corrected chi connectivity index (χ0v) is 33.2. The van der Waals surface area contributed by atoms with Crippen LogP contribution in [0, 0.1) is 36.8 Å². The smallest absolute Gasteiger partial charge is 0.246 e. The lowest BCUT2D eigenvalue weighted by Crippen LogP contribution is -2.29. The molecule has 4 aromatic carbocycles. The van der Waals surface area contributed by atoms with E-state index in [1.807, 2.05) is 0 Å². The quantitative estimate of drug-likeness (QED) is 0.121. The predicted molar refractivity (Wildman–Crippen MR) is 207 cm³/mol. The highest BCUT2D eigenvalue weighted by atomic mass is 19.4. The number of nitrogens with zero attached hydrogens (tertiary/aromatic N) is 8. The largest absolute Gasteiger partial charge is 0.416 e. The van der Waals surface area contributed by atoms with Gasteiger partial charge < -0.3 is 0 Å². The van der Waals surface area contributed by atoms with Crippen molar-refractivity contribution in [2.45, 2.75) is 51.9 Å². The molecule has 7 rings (SSSR count). The molecule has 0 amide bonds. The van der Waals surface area contributed by atoms with E-state index in [2.05, 4.69) is 29.9 Å². The molecule has 0 saturated heterocycles. The van der Waals surface area contributed by atoms with Gasteiger partial charge in [-0.2, -0.15) is 73.2 Å². The first kappa shape index (κ1) is 46.4. The van der Waals surface area contributed by atoms with Gasteiger partial charge in [0.2, 0.25) is 12.4 Å². The second-order valence-corrected chi connectivity index (χ2v) is 14.6. The third-order valence-electron chi connectivity index (χ3n) is 9.86. The van der Waals surface area contributed by atoms with Gasteiger partial charge in [0.15, 0.2) is 0 Å². The molecule has 1 aliphatic rings. The molecule has 0 radical (unpaired) electrons. The van der Waals surface area contributed by atoms with Crippen LogP contribution in [0.25, 0.3) is 45.0 Å². The first-order valence-electron chi connectivity index (χ1n) is 18.6. The molecule has 66 heavy (non-hydrogen) atoms. The maximum Gasteiger partial charge on any atom is 0.416 e. The molecule has 0 aliphatic heterocycles. The van der Waals surface area contributed by atoms with Crippen LogP contribution in [0.2, 0.25) is 0 Å². The maximum atomic E-state index is 14.2. The van der Waals surface area contributed by atoms with Gasteiger partial charge in [-0.25, -0.2) is 28.7 Å². The lowest BCUT2D eigenvalue weighted by Gasteiger charge is -2.24. The average Bonchev–Trinajstić information content (AvgIpc) is 3.24. The Balaban J connectivity index is 1.65. The topological polar surface area (TPSA) is 124 Å². The van der Waals surface area contributed by atoms with Crippen molar-refractivity contribution < 1.29 is 61.5 Å². The van der Waals surface area contributed by atoms with Gasteiger partial charge in [-0.1, -0.05) is 0 Å². The fourth-order valence-electron chi connectivity index (χ4n) is 7.18. The molecule has 0 fully saturated rings. The van der Waals surface area contributed by atoms with Gasteiger partial charge in [0.1, 0.15) is 47.5 Å². The minimum Gasteiger partial charge on any atom is -0.246 e. The minimum atomic E-state index is -5.15. The van der Waals surface area contributed by atoms with Crippen LogP contribution in [-0.4, -0.2) is 31.4 Å². The average molecular weight is 929 g/mol. The van der Waals surface area contributed by atoms with Crippen LogP contribution in [-0.2, 0) is 38.1 Å². The van der Waals surface area contributed by atoms with Crippen LogP contribution in [0.15, 0.2) is 82.8 Å². The highest BCUT2D eigenvalue weighted by Crippen LogP contribution is 2.43. The molecule has 0 N–H and O–H groups in total. The number of rotatable bonds is 6. The van der Waals surface area contributed by atoms with E-state index >= 15 is 0 Å². The summed E-state index contributed by atoms with van der Waals surface area (Å²) in [4.78, 5) is 25.2. The Hall–Kier alpha value is -7.62. The van der Waals surface area contributed by atoms with E-state index in [1.165, 1.54) is 38.4 Å². The summed E-state index contributed by atoms with van der Waals surface area (Å²) >= 11 is 0. The highest BCUT2D eigenvalue weighted by Gasteiger charge is 2.39. The molecule has 6 aromatic rings. The van der Waals surface area contributed by atoms with Crippen LogP contribution in [0.1, 0.15) is 67.3 Å². The number of nitriles is 2. The van der Waals surface area contributed by atoms with Gasteiger partial charge >= 0.3 is 24.7 Å². The molecule has 0 unspecified atom stereocenters. The van der Waals surface area contributed by atoms with Gasteiger partial charge in [0, 0.05) is 22.3 Å². The van der Waals surface area contributed by atoms with E-state index in [9.17, 15) is 72.0 Å². The van der Waals surface area contributed by atoms with Crippen molar-refractivity contribution in [2.24, 2.45) is 9.98 Å². The number of aromatic nitrogens is 4. The molecule has 0 bridgehead atoms. The summed E-state index contributed by atoms with van der Waals surface area (Å²) in [5, 5.41) is 20.0. The zero-order valence-electron chi connectivity index (χ0n) is 33.2. The van der Waals surface area contributed by atoms with Crippen LogP contribution in [0.3, 0.4) is 0 Å². The zero-order chi connectivity index (χ0) is 48.3. The Kier molecular flexibility index (Phi) is 11.8. The van der Waals surface area contributed by atoms with Gasteiger partial charge in [0.25, 0.3) is 0 Å². The van der Waals surface area contributed by atoms with Crippen molar-refractivity contribution in [3.8, 4) is 57.4 Å². The van der Waals surface area contributed by atoms with Crippen LogP contribution in [0.4, 0.5) is 61.5 Å². The van der Waals surface area contributed by atoms with Gasteiger partial charge in [0.05, 0.1) is 45.0 Å². The molecule has 2 aromatic heterocycles. The van der Waals surface area contributed by atoms with Crippen molar-refractivity contribution in [1.82, 2.24) is 19.9 Å². The summed E-state index contributed by atoms with van der Waals surface area (Å²) in [5.74, 6) is 0. The molecule has 2 heterocycles. The fraction of sp³-hybridized carbons (Fsp3) is 0.182. The van der Waals surface area contributed by atoms with E-state index in [1.54, 1.807) is 0 Å². The molecule has 336 valence electrons. The second-order valence-electron chi connectivity index (χ2n) is 14.6. The second kappa shape index (κ2) is 16.7. The molecule has 1 aliphatic carbocycles. The Morgan fingerprint density at radius 1 is 0.394 bits per heavy atom. The van der Waals surface area contributed by atoms with Gasteiger partial charge in [-0.15, -0.1) is 0 Å². The van der Waals surface area contributed by atoms with E-state index in [4.69, 9.17) is 0 Å². The van der Waals surface area contributed by atoms with E-state index < -0.39 is 140 Å². The molecule has 0 spiro atoms. The molecular weight excluding hydrogens is 907 g/mol. The van der Waals surface area contributed by atoms with E-state index in [-0.39, 0.29) is 22.3 Å². The molecule has 0 atom stereocenters. The monoisotopic (exact) mass is 928 g/mol. The standard InChI is InChI=1S/C44H22F14N8/c1-19-3-23(11-27(5-19)41(47,48)49)31-32(24-4-20(2)6-28(12-24)42(50,51)52)64-38-36(62-18-60)40-39(35(61-17-59)37(38)63-31)65-33(25-7-21(15-45)9-29(13-25)43(53,54)55)34(66-40)26-8-22(16-46)10-30(14-26)44(56,57)58/h3-14H,15-16H2,1-2H3/b61-35-,62-36+. The summed E-state index contributed by atoms with van der Waals surface area (Å²) in [5.41, 5.74) is -15.3. The van der Waals surface area contributed by atoms with Gasteiger partial charge in [-0.05, 0) is 109 Å². The van der Waals surface area contributed by atoms with E-state index in [0.29, 0.717) is 36.4 Å². The summed E-state index contributed by atoms with van der Waals surface area (Å²) in [6.07, 6.45) is -17.4. The highest BCUT2D eigenvalue weighted by molar-refractivity contribution is 6.29. The predicted octanol–water partition coefficient (Wildman–Crippen LogP) is 12.5. The Morgan fingerprint density at radius 3 is 0.894 bits per heavy atom. The number of aliphatic imine (C=N–C) groups is 2. The lowest BCUT2D eigenvalue weighted by molar-refractivity contribution is -0.138. The van der Waals surface area contributed by atoms with Crippen LogP contribution >= 0.6 is 0 Å². The van der Waals surface area contributed by atoms with Crippen molar-refractivity contribution in [2.75, 3.05) is 0 Å². The van der Waals surface area contributed by atoms with Crippen LogP contribution < -0.4 is 0 Å². The summed E-state index contributed by atoms with van der Waals surface area (Å²) in [6, 6.07) is 8.56. The SMILES string of the molecule is Cc1cc(-c2nc3c(nc2-c2cc(C)cc(C(F)(F)F)c2)/C(=N\C#N)c2nc(-c4cc(CF)cc(C(F)(F)F)c4)c(-c4cc(CF)cc(C(F)(F)F)c4)nc2/C3=N\C#N)cc(C(F)(F)F)c1. The summed E-state index contributed by atoms with van der Waals surface area (Å²) < 4.78 is 199. The van der Waals surface area contributed by atoms with Crippen LogP contribution in [0.5, 0.6) is 0 Å². The fourth-order valence-corrected chi connectivity index (χ4v) is 7.18. The number of hydrogen-bond acceptors (Lipinski definition) is 8. The number of fused-ring (bicyclic) bond motifs is 2. The molecular formula is C44H22F14N8. The Morgan fingerprint density at radius 2 is 0.652 bits per heavy atom. The minimum absolute atomic E-state index is 0.0178. The molecule has 8 nitrogen and oxygen atoms in total. The third-order valence-corrected chi connectivity index (χ3v) is 9.86. The normalized spacial score (nSPS) is 14.2. The maximum absolute atomic E-state index is 14.2. The first-order chi connectivity index (χ1) is 30.8. The number of benzene rings is 4. The number of aryl methyl sites for hydroxylation is 2. The van der Waals surface area contributed by atoms with Crippen molar-refractivity contribution >= 4 is 11.4 Å². The number of alkyl halides is 14. The van der Waals surface area contributed by atoms with E-state index in [0.717, 1.165) is 24.3 Å². The number of hydrogen-bond donors (Lipinski definition) is 0. The van der Waals surface area contributed by atoms with Gasteiger partial charge in [-0.3, -0.25) is 0 Å². The summed E-state index contributed by atoms with van der Waals surface area (Å²) in [7, 11) is 0. The van der Waals surface area contributed by atoms with Crippen molar-refractivity contribution in [1.29, 1.82) is 10.5 Å². The third kappa shape index (κ3) is 9.03. The summed E-state index contributed by atoms with van der Waals surface area (Å²) in [6.45, 7) is -0.469. The first-order valence-corrected chi connectivity index (χ1v) is 18.6. The molecule has 0 saturated carbocycles. The Bertz CT molecular complexity index is 2910. The number of halogens is 14. The van der Waals surface area contributed by atoms with Crippen molar-refractivity contribution in [3.63, 3.8) is 0 Å².